The summed E-state index contributed by atoms with van der Waals surface area (Å²) < 4.78 is 2.03. The summed E-state index contributed by atoms with van der Waals surface area (Å²) in [6.45, 7) is 2.65. The van der Waals surface area contributed by atoms with E-state index in [1.165, 1.54) is 11.1 Å². The molecule has 0 aliphatic carbocycles. The van der Waals surface area contributed by atoms with E-state index >= 15 is 0 Å². The van der Waals surface area contributed by atoms with Crippen molar-refractivity contribution < 1.29 is 0 Å². The average Bonchev–Trinajstić information content (AvgIpc) is 2.86. The van der Waals surface area contributed by atoms with Crippen LogP contribution in [0, 0.1) is 6.92 Å². The molecule has 0 aliphatic rings. The Morgan fingerprint density at radius 3 is 2.63 bits per heavy atom. The van der Waals surface area contributed by atoms with Gasteiger partial charge in [0, 0.05) is 11.9 Å². The topological polar surface area (TPSA) is 43.8 Å². The van der Waals surface area contributed by atoms with E-state index < -0.39 is 0 Å². The van der Waals surface area contributed by atoms with E-state index in [0.29, 0.717) is 6.54 Å². The van der Waals surface area contributed by atoms with Crippen molar-refractivity contribution in [3.05, 3.63) is 65.9 Å². The summed E-state index contributed by atoms with van der Waals surface area (Å²) >= 11 is 0. The van der Waals surface area contributed by atoms with Crippen molar-refractivity contribution in [1.82, 2.24) is 9.78 Å². The molecule has 1 unspecified atom stereocenters. The molecule has 3 aromatic rings. The summed E-state index contributed by atoms with van der Waals surface area (Å²) in [5.41, 5.74) is 9.60. The predicted molar refractivity (Wildman–Crippen MR) is 78.1 cm³/mol. The second-order valence-electron chi connectivity index (χ2n) is 4.76. The summed E-state index contributed by atoms with van der Waals surface area (Å²) in [7, 11) is 0. The first-order chi connectivity index (χ1) is 9.31. The monoisotopic (exact) mass is 251 g/mol. The van der Waals surface area contributed by atoms with Gasteiger partial charge in [0.25, 0.3) is 0 Å². The molecule has 3 nitrogen and oxygen atoms in total. The smallest absolute Gasteiger partial charge is 0.0900 e. The summed E-state index contributed by atoms with van der Waals surface area (Å²) in [6, 6.07) is 16.7. The predicted octanol–water partition coefficient (Wildman–Crippen LogP) is 2.89. The van der Waals surface area contributed by atoms with E-state index in [-0.39, 0.29) is 6.04 Å². The largest absolute Gasteiger partial charge is 0.328 e. The number of hydrogen-bond donors (Lipinski definition) is 1. The number of para-hydroxylation sites is 1. The number of fused-ring (bicyclic) bond motifs is 1. The lowest BCUT2D eigenvalue weighted by molar-refractivity contribution is 0.547. The highest BCUT2D eigenvalue weighted by molar-refractivity contribution is 5.78. The molecule has 0 bridgehead atoms. The van der Waals surface area contributed by atoms with E-state index in [2.05, 4.69) is 42.4 Å². The number of benzene rings is 2. The molecule has 3 rings (SSSR count). The molecule has 1 heterocycles. The molecule has 0 radical (unpaired) electrons. The van der Waals surface area contributed by atoms with Crippen molar-refractivity contribution in [2.24, 2.45) is 5.73 Å². The Kier molecular flexibility index (Phi) is 3.05. The van der Waals surface area contributed by atoms with Crippen LogP contribution < -0.4 is 5.73 Å². The number of rotatable bonds is 3. The average molecular weight is 251 g/mol. The molecular formula is C16H17N3. The summed E-state index contributed by atoms with van der Waals surface area (Å²) in [5, 5.41) is 5.67. The SMILES string of the molecule is Cc1ccccc1C(CN)n1ncc2ccccc21. The Hall–Kier alpha value is -2.13. The van der Waals surface area contributed by atoms with Gasteiger partial charge in [-0.1, -0.05) is 42.5 Å². The molecule has 0 amide bonds. The van der Waals surface area contributed by atoms with Crippen LogP contribution in [-0.4, -0.2) is 16.3 Å². The van der Waals surface area contributed by atoms with Gasteiger partial charge in [-0.2, -0.15) is 5.10 Å². The molecule has 0 spiro atoms. The molecular weight excluding hydrogens is 234 g/mol. The van der Waals surface area contributed by atoms with Crippen LogP contribution in [0.3, 0.4) is 0 Å². The zero-order valence-electron chi connectivity index (χ0n) is 11.0. The molecule has 0 saturated heterocycles. The maximum atomic E-state index is 6.00. The molecule has 19 heavy (non-hydrogen) atoms. The Balaban J connectivity index is 2.15. The third-order valence-corrected chi connectivity index (χ3v) is 3.57. The Morgan fingerprint density at radius 1 is 1.11 bits per heavy atom. The fraction of sp³-hybridized carbons (Fsp3) is 0.188. The van der Waals surface area contributed by atoms with Crippen LogP contribution in [0.5, 0.6) is 0 Å². The first-order valence-corrected chi connectivity index (χ1v) is 6.49. The van der Waals surface area contributed by atoms with Gasteiger partial charge >= 0.3 is 0 Å². The minimum atomic E-state index is 0.0844. The first kappa shape index (κ1) is 11.9. The summed E-state index contributed by atoms with van der Waals surface area (Å²) in [5.74, 6) is 0. The molecule has 96 valence electrons. The van der Waals surface area contributed by atoms with Gasteiger partial charge in [0.2, 0.25) is 0 Å². The van der Waals surface area contributed by atoms with Crippen molar-refractivity contribution in [2.75, 3.05) is 6.54 Å². The van der Waals surface area contributed by atoms with Crippen LogP contribution in [0.1, 0.15) is 17.2 Å². The summed E-state index contributed by atoms with van der Waals surface area (Å²) in [4.78, 5) is 0. The molecule has 2 aromatic carbocycles. The molecule has 1 atom stereocenters. The number of aromatic nitrogens is 2. The van der Waals surface area contributed by atoms with Gasteiger partial charge in [0.05, 0.1) is 17.8 Å². The fourth-order valence-electron chi connectivity index (χ4n) is 2.56. The van der Waals surface area contributed by atoms with Crippen LogP contribution in [-0.2, 0) is 0 Å². The highest BCUT2D eigenvalue weighted by atomic mass is 15.3. The minimum Gasteiger partial charge on any atom is -0.328 e. The lowest BCUT2D eigenvalue weighted by atomic mass is 10.0. The highest BCUT2D eigenvalue weighted by Crippen LogP contribution is 2.24. The van der Waals surface area contributed by atoms with Crippen LogP contribution in [0.15, 0.2) is 54.7 Å². The molecule has 1 aromatic heterocycles. The lowest BCUT2D eigenvalue weighted by Gasteiger charge is -2.19. The van der Waals surface area contributed by atoms with Crippen molar-refractivity contribution >= 4 is 10.9 Å². The number of nitrogens with zero attached hydrogens (tertiary/aromatic N) is 2. The van der Waals surface area contributed by atoms with Gasteiger partial charge in [-0.05, 0) is 24.1 Å². The van der Waals surface area contributed by atoms with Crippen molar-refractivity contribution in [1.29, 1.82) is 0 Å². The molecule has 0 aliphatic heterocycles. The Bertz CT molecular complexity index is 700. The zero-order valence-corrected chi connectivity index (χ0v) is 11.0. The molecule has 2 N–H and O–H groups in total. The standard InChI is InChI=1S/C16H17N3/c1-12-6-2-4-8-14(12)16(10-17)19-15-9-5-3-7-13(15)11-18-19/h2-9,11,16H,10,17H2,1H3. The van der Waals surface area contributed by atoms with Crippen LogP contribution in [0.4, 0.5) is 0 Å². The molecule has 0 saturated carbocycles. The number of hydrogen-bond acceptors (Lipinski definition) is 2. The third-order valence-electron chi connectivity index (χ3n) is 3.57. The van der Waals surface area contributed by atoms with Gasteiger partial charge in [-0.15, -0.1) is 0 Å². The van der Waals surface area contributed by atoms with Crippen LogP contribution in [0.2, 0.25) is 0 Å². The Morgan fingerprint density at radius 2 is 1.84 bits per heavy atom. The van der Waals surface area contributed by atoms with Crippen molar-refractivity contribution in [3.8, 4) is 0 Å². The fourth-order valence-corrected chi connectivity index (χ4v) is 2.56. The first-order valence-electron chi connectivity index (χ1n) is 6.49. The molecule has 0 fully saturated rings. The maximum absolute atomic E-state index is 6.00. The van der Waals surface area contributed by atoms with Gasteiger partial charge in [-0.25, -0.2) is 0 Å². The second-order valence-corrected chi connectivity index (χ2v) is 4.76. The van der Waals surface area contributed by atoms with Crippen molar-refractivity contribution in [2.45, 2.75) is 13.0 Å². The normalized spacial score (nSPS) is 12.7. The quantitative estimate of drug-likeness (QED) is 0.778. The van der Waals surface area contributed by atoms with Crippen LogP contribution >= 0.6 is 0 Å². The zero-order chi connectivity index (χ0) is 13.2. The van der Waals surface area contributed by atoms with E-state index in [9.17, 15) is 0 Å². The lowest BCUT2D eigenvalue weighted by Crippen LogP contribution is -2.22. The highest BCUT2D eigenvalue weighted by Gasteiger charge is 2.16. The van der Waals surface area contributed by atoms with Gasteiger partial charge in [-0.3, -0.25) is 4.68 Å². The van der Waals surface area contributed by atoms with Gasteiger partial charge in [0.15, 0.2) is 0 Å². The third kappa shape index (κ3) is 2.02. The number of nitrogens with two attached hydrogens (primary N) is 1. The number of aryl methyl sites for hydroxylation is 1. The van der Waals surface area contributed by atoms with E-state index in [0.717, 1.165) is 10.9 Å². The minimum absolute atomic E-state index is 0.0844. The van der Waals surface area contributed by atoms with Gasteiger partial charge < -0.3 is 5.73 Å². The van der Waals surface area contributed by atoms with Crippen LogP contribution in [0.25, 0.3) is 10.9 Å². The molecule has 3 heteroatoms. The van der Waals surface area contributed by atoms with Gasteiger partial charge in [0.1, 0.15) is 0 Å². The van der Waals surface area contributed by atoms with E-state index in [1.807, 2.05) is 29.1 Å². The maximum Gasteiger partial charge on any atom is 0.0900 e. The summed E-state index contributed by atoms with van der Waals surface area (Å²) in [6.07, 6.45) is 1.90. The second kappa shape index (κ2) is 4.86. The van der Waals surface area contributed by atoms with E-state index in [4.69, 9.17) is 5.73 Å². The Labute approximate surface area is 112 Å². The van der Waals surface area contributed by atoms with E-state index in [1.54, 1.807) is 0 Å². The van der Waals surface area contributed by atoms with Crippen molar-refractivity contribution in [3.63, 3.8) is 0 Å².